The summed E-state index contributed by atoms with van der Waals surface area (Å²) >= 11 is 0. The zero-order valence-electron chi connectivity index (χ0n) is 12.7. The Bertz CT molecular complexity index is 796. The molecule has 0 aliphatic carbocycles. The molecule has 1 aromatic carbocycles. The van der Waals surface area contributed by atoms with Crippen molar-refractivity contribution in [2.24, 2.45) is 0 Å². The van der Waals surface area contributed by atoms with Crippen LogP contribution in [0.25, 0.3) is 11.0 Å². The first kappa shape index (κ1) is 14.4. The van der Waals surface area contributed by atoms with Crippen LogP contribution in [0.4, 0.5) is 10.2 Å². The fraction of sp³-hybridized carbons (Fsp3) is 0.312. The second-order valence-corrected chi connectivity index (χ2v) is 5.17. The van der Waals surface area contributed by atoms with Crippen LogP contribution in [0, 0.1) is 12.7 Å². The number of hydrogen-bond donors (Lipinski definition) is 2. The molecule has 6 heteroatoms. The molecule has 0 amide bonds. The van der Waals surface area contributed by atoms with Crippen molar-refractivity contribution in [3.8, 4) is 0 Å². The minimum atomic E-state index is -0.260. The average molecular weight is 299 g/mol. The van der Waals surface area contributed by atoms with Gasteiger partial charge in [-0.3, -0.25) is 0 Å². The summed E-state index contributed by atoms with van der Waals surface area (Å²) in [5.41, 5.74) is 2.53. The molecule has 0 fully saturated rings. The SMILES string of the molecule is CCc1cc(NCCc2nc3ccc(F)cc3[nH]2)nc(C)n1. The van der Waals surface area contributed by atoms with Crippen molar-refractivity contribution in [3.05, 3.63) is 47.4 Å². The molecule has 2 aromatic heterocycles. The highest BCUT2D eigenvalue weighted by Gasteiger charge is 2.05. The van der Waals surface area contributed by atoms with Gasteiger partial charge in [0.05, 0.1) is 11.0 Å². The smallest absolute Gasteiger partial charge is 0.129 e. The number of hydrogen-bond acceptors (Lipinski definition) is 4. The summed E-state index contributed by atoms with van der Waals surface area (Å²) in [5.74, 6) is 2.16. The Hall–Kier alpha value is -2.50. The molecule has 0 radical (unpaired) electrons. The van der Waals surface area contributed by atoms with Crippen LogP contribution in [0.15, 0.2) is 24.3 Å². The molecule has 0 aliphatic heterocycles. The van der Waals surface area contributed by atoms with Gasteiger partial charge in [0.15, 0.2) is 0 Å². The average Bonchev–Trinajstić information content (AvgIpc) is 2.88. The van der Waals surface area contributed by atoms with Crippen molar-refractivity contribution in [3.63, 3.8) is 0 Å². The van der Waals surface area contributed by atoms with E-state index in [2.05, 4.69) is 32.2 Å². The minimum Gasteiger partial charge on any atom is -0.370 e. The van der Waals surface area contributed by atoms with E-state index in [1.165, 1.54) is 12.1 Å². The molecule has 0 aliphatic rings. The quantitative estimate of drug-likeness (QED) is 0.760. The van der Waals surface area contributed by atoms with Gasteiger partial charge in [-0.1, -0.05) is 6.92 Å². The lowest BCUT2D eigenvalue weighted by atomic mass is 10.3. The van der Waals surface area contributed by atoms with Gasteiger partial charge < -0.3 is 10.3 Å². The van der Waals surface area contributed by atoms with E-state index in [-0.39, 0.29) is 5.82 Å². The Kier molecular flexibility index (Phi) is 4.00. The third-order valence-corrected chi connectivity index (χ3v) is 3.41. The molecule has 3 rings (SSSR count). The first-order valence-corrected chi connectivity index (χ1v) is 7.36. The Labute approximate surface area is 128 Å². The van der Waals surface area contributed by atoms with Gasteiger partial charge in [0.25, 0.3) is 0 Å². The molecule has 5 nitrogen and oxygen atoms in total. The number of benzene rings is 1. The highest BCUT2D eigenvalue weighted by atomic mass is 19.1. The van der Waals surface area contributed by atoms with Crippen LogP contribution in [0.1, 0.15) is 24.3 Å². The number of halogens is 1. The molecular weight excluding hydrogens is 281 g/mol. The van der Waals surface area contributed by atoms with Gasteiger partial charge in [0.2, 0.25) is 0 Å². The number of fused-ring (bicyclic) bond motifs is 1. The van der Waals surface area contributed by atoms with Gasteiger partial charge in [-0.05, 0) is 31.5 Å². The summed E-state index contributed by atoms with van der Waals surface area (Å²) in [4.78, 5) is 16.3. The number of aromatic nitrogens is 4. The molecule has 22 heavy (non-hydrogen) atoms. The maximum Gasteiger partial charge on any atom is 0.129 e. The lowest BCUT2D eigenvalue weighted by molar-refractivity contribution is 0.629. The highest BCUT2D eigenvalue weighted by Crippen LogP contribution is 2.13. The topological polar surface area (TPSA) is 66.5 Å². The van der Waals surface area contributed by atoms with Crippen LogP contribution >= 0.6 is 0 Å². The Balaban J connectivity index is 1.65. The molecule has 2 N–H and O–H groups in total. The molecule has 0 unspecified atom stereocenters. The number of nitrogens with one attached hydrogen (secondary N) is 2. The maximum atomic E-state index is 13.2. The molecule has 0 saturated carbocycles. The summed E-state index contributed by atoms with van der Waals surface area (Å²) in [6.45, 7) is 4.65. The zero-order chi connectivity index (χ0) is 15.5. The van der Waals surface area contributed by atoms with E-state index in [4.69, 9.17) is 0 Å². The van der Waals surface area contributed by atoms with Gasteiger partial charge >= 0.3 is 0 Å². The van der Waals surface area contributed by atoms with Crippen molar-refractivity contribution in [1.29, 1.82) is 0 Å². The summed E-state index contributed by atoms with van der Waals surface area (Å²) < 4.78 is 13.2. The van der Waals surface area contributed by atoms with Gasteiger partial charge in [-0.15, -0.1) is 0 Å². The third-order valence-electron chi connectivity index (χ3n) is 3.41. The molecule has 0 spiro atoms. The van der Waals surface area contributed by atoms with Crippen molar-refractivity contribution in [2.45, 2.75) is 26.7 Å². The van der Waals surface area contributed by atoms with Crippen LogP contribution in [0.5, 0.6) is 0 Å². The maximum absolute atomic E-state index is 13.2. The number of nitrogens with zero attached hydrogens (tertiary/aromatic N) is 3. The standard InChI is InChI=1S/C16H18FN5/c1-3-12-9-16(20-10(2)19-12)18-7-6-15-21-13-5-4-11(17)8-14(13)22-15/h4-5,8-9H,3,6-7H2,1-2H3,(H,21,22)(H,18,19,20). The largest absolute Gasteiger partial charge is 0.370 e. The number of aromatic amines is 1. The summed E-state index contributed by atoms with van der Waals surface area (Å²) in [5, 5.41) is 3.28. The van der Waals surface area contributed by atoms with E-state index in [0.29, 0.717) is 13.0 Å². The van der Waals surface area contributed by atoms with Gasteiger partial charge in [-0.25, -0.2) is 19.3 Å². The number of imidazole rings is 1. The van der Waals surface area contributed by atoms with Crippen molar-refractivity contribution < 1.29 is 4.39 Å². The molecule has 2 heterocycles. The number of rotatable bonds is 5. The van der Waals surface area contributed by atoms with Crippen molar-refractivity contribution in [1.82, 2.24) is 19.9 Å². The molecule has 0 atom stereocenters. The van der Waals surface area contributed by atoms with Crippen LogP contribution < -0.4 is 5.32 Å². The van der Waals surface area contributed by atoms with Crippen LogP contribution in [-0.2, 0) is 12.8 Å². The summed E-state index contributed by atoms with van der Waals surface area (Å²) in [6.07, 6.45) is 1.59. The normalized spacial score (nSPS) is 11.0. The number of anilines is 1. The first-order valence-electron chi connectivity index (χ1n) is 7.36. The Morgan fingerprint density at radius 3 is 2.86 bits per heavy atom. The molecule has 3 aromatic rings. The lowest BCUT2D eigenvalue weighted by Gasteiger charge is -2.06. The monoisotopic (exact) mass is 299 g/mol. The zero-order valence-corrected chi connectivity index (χ0v) is 12.7. The van der Waals surface area contributed by atoms with Gasteiger partial charge in [0.1, 0.15) is 23.3 Å². The van der Waals surface area contributed by atoms with E-state index >= 15 is 0 Å². The van der Waals surface area contributed by atoms with E-state index in [0.717, 1.165) is 40.6 Å². The molecule has 114 valence electrons. The fourth-order valence-electron chi connectivity index (χ4n) is 2.36. The van der Waals surface area contributed by atoms with E-state index < -0.39 is 0 Å². The number of H-pyrrole nitrogens is 1. The molecular formula is C16H18FN5. The van der Waals surface area contributed by atoms with E-state index in [9.17, 15) is 4.39 Å². The van der Waals surface area contributed by atoms with Crippen LogP contribution in [0.2, 0.25) is 0 Å². The predicted octanol–water partition coefficient (Wildman–Crippen LogP) is 3.02. The van der Waals surface area contributed by atoms with Crippen LogP contribution in [-0.4, -0.2) is 26.5 Å². The van der Waals surface area contributed by atoms with E-state index in [1.54, 1.807) is 6.07 Å². The molecule has 0 bridgehead atoms. The van der Waals surface area contributed by atoms with Crippen molar-refractivity contribution in [2.75, 3.05) is 11.9 Å². The molecule has 0 saturated heterocycles. The predicted molar refractivity (Wildman–Crippen MR) is 84.4 cm³/mol. The first-order chi connectivity index (χ1) is 10.6. The second kappa shape index (κ2) is 6.09. The summed E-state index contributed by atoms with van der Waals surface area (Å²) in [7, 11) is 0. The highest BCUT2D eigenvalue weighted by molar-refractivity contribution is 5.74. The number of aryl methyl sites for hydroxylation is 2. The second-order valence-electron chi connectivity index (χ2n) is 5.17. The third kappa shape index (κ3) is 3.21. The van der Waals surface area contributed by atoms with E-state index in [1.807, 2.05) is 13.0 Å². The van der Waals surface area contributed by atoms with Crippen LogP contribution in [0.3, 0.4) is 0 Å². The Morgan fingerprint density at radius 1 is 1.18 bits per heavy atom. The van der Waals surface area contributed by atoms with Gasteiger partial charge in [-0.2, -0.15) is 0 Å². The summed E-state index contributed by atoms with van der Waals surface area (Å²) in [6, 6.07) is 6.52. The lowest BCUT2D eigenvalue weighted by Crippen LogP contribution is -2.09. The minimum absolute atomic E-state index is 0.260. The van der Waals surface area contributed by atoms with Crippen molar-refractivity contribution >= 4 is 16.9 Å². The van der Waals surface area contributed by atoms with Gasteiger partial charge in [0, 0.05) is 24.7 Å². The Morgan fingerprint density at radius 2 is 2.05 bits per heavy atom. The fourth-order valence-corrected chi connectivity index (χ4v) is 2.36.